The van der Waals surface area contributed by atoms with Crippen molar-refractivity contribution in [1.82, 2.24) is 0 Å². The molecule has 10 heavy (non-hydrogen) atoms. The minimum atomic E-state index is -0.249. The van der Waals surface area contributed by atoms with Crippen molar-refractivity contribution in [3.05, 3.63) is 0 Å². The fraction of sp³-hybridized carbons (Fsp3) is 0.857. The molecule has 0 spiro atoms. The molecule has 0 aromatic rings. The third kappa shape index (κ3) is 7.40. The molecule has 1 radical (unpaired) electrons. The number of rotatable bonds is 7. The molecule has 0 unspecified atom stereocenters. The smallest absolute Gasteiger partial charge is 0.417 e. The van der Waals surface area contributed by atoms with E-state index in [0.29, 0.717) is 13.0 Å². The molecule has 0 saturated carbocycles. The molecule has 0 aromatic heterocycles. The molecule has 0 N–H and O–H groups in total. The van der Waals surface area contributed by atoms with Crippen LogP contribution in [0.1, 0.15) is 25.7 Å². The minimum absolute atomic E-state index is 0.249. The lowest BCUT2D eigenvalue weighted by Crippen LogP contribution is -1.91. The summed E-state index contributed by atoms with van der Waals surface area (Å²) in [6.07, 6.45) is 3.23. The van der Waals surface area contributed by atoms with Gasteiger partial charge in [0.15, 0.2) is 0 Å². The van der Waals surface area contributed by atoms with Gasteiger partial charge >= 0.3 is 6.47 Å². The third-order valence-electron chi connectivity index (χ3n) is 1.19. The van der Waals surface area contributed by atoms with E-state index in [-0.39, 0.29) is 6.67 Å². The van der Waals surface area contributed by atoms with Gasteiger partial charge in [-0.3, -0.25) is 4.39 Å². The lowest BCUT2D eigenvalue weighted by Gasteiger charge is -1.96. The molecular weight excluding hydrogens is 135 g/mol. The van der Waals surface area contributed by atoms with Gasteiger partial charge in [0, 0.05) is 0 Å². The van der Waals surface area contributed by atoms with E-state index in [1.807, 2.05) is 0 Å². The van der Waals surface area contributed by atoms with Crippen molar-refractivity contribution in [2.45, 2.75) is 25.7 Å². The normalized spacial score (nSPS) is 9.30. The first-order valence-electron chi connectivity index (χ1n) is 3.46. The number of halogens is 1. The number of alkyl halides is 1. The molecule has 0 aromatic carbocycles. The van der Waals surface area contributed by atoms with E-state index in [4.69, 9.17) is 0 Å². The highest BCUT2D eigenvalue weighted by atomic mass is 19.1. The van der Waals surface area contributed by atoms with Crippen molar-refractivity contribution in [1.29, 1.82) is 0 Å². The van der Waals surface area contributed by atoms with Crippen LogP contribution in [-0.4, -0.2) is 19.8 Å². The number of carbonyl (C=O) groups excluding carboxylic acids is 1. The zero-order chi connectivity index (χ0) is 7.66. The zero-order valence-corrected chi connectivity index (χ0v) is 5.94. The van der Waals surface area contributed by atoms with Crippen LogP contribution in [0.4, 0.5) is 4.39 Å². The summed E-state index contributed by atoms with van der Waals surface area (Å²) >= 11 is 0. The summed E-state index contributed by atoms with van der Waals surface area (Å²) in [5.74, 6) is 0. The standard InChI is InChI=1S/C7H12FO2/c8-5-3-1-2-4-6-10-7-9/h1-6H2. The van der Waals surface area contributed by atoms with E-state index in [1.165, 1.54) is 6.47 Å². The Labute approximate surface area is 60.4 Å². The molecule has 0 aliphatic heterocycles. The Morgan fingerprint density at radius 1 is 1.20 bits per heavy atom. The SMILES string of the molecule is O=[C]OCCCCCCF. The van der Waals surface area contributed by atoms with Gasteiger partial charge in [-0.15, -0.1) is 0 Å². The molecule has 0 atom stereocenters. The quantitative estimate of drug-likeness (QED) is 0.511. The van der Waals surface area contributed by atoms with Gasteiger partial charge in [-0.1, -0.05) is 6.42 Å². The van der Waals surface area contributed by atoms with Crippen LogP contribution in [0.2, 0.25) is 0 Å². The summed E-state index contributed by atoms with van der Waals surface area (Å²) < 4.78 is 15.8. The van der Waals surface area contributed by atoms with Crippen molar-refractivity contribution in [2.24, 2.45) is 0 Å². The van der Waals surface area contributed by atoms with E-state index in [1.54, 1.807) is 0 Å². The zero-order valence-electron chi connectivity index (χ0n) is 5.94. The molecule has 0 saturated heterocycles. The summed E-state index contributed by atoms with van der Waals surface area (Å²) in [7, 11) is 0. The number of unbranched alkanes of at least 4 members (excludes halogenated alkanes) is 3. The Morgan fingerprint density at radius 2 is 1.90 bits per heavy atom. The summed E-state index contributed by atoms with van der Waals surface area (Å²) in [6.45, 7) is 1.50. The number of hydrogen-bond acceptors (Lipinski definition) is 2. The van der Waals surface area contributed by atoms with E-state index in [9.17, 15) is 9.18 Å². The van der Waals surface area contributed by atoms with E-state index in [0.717, 1.165) is 19.3 Å². The molecule has 59 valence electrons. The minimum Gasteiger partial charge on any atom is -0.457 e. The summed E-state index contributed by atoms with van der Waals surface area (Å²) in [6, 6.07) is 0. The Hall–Kier alpha value is -0.600. The first kappa shape index (κ1) is 9.40. The van der Waals surface area contributed by atoms with E-state index in [2.05, 4.69) is 4.74 Å². The van der Waals surface area contributed by atoms with Crippen LogP contribution in [0, 0.1) is 0 Å². The molecule has 0 heterocycles. The molecule has 0 bridgehead atoms. The van der Waals surface area contributed by atoms with Crippen LogP contribution >= 0.6 is 0 Å². The first-order chi connectivity index (χ1) is 4.91. The maximum Gasteiger partial charge on any atom is 0.417 e. The second kappa shape index (κ2) is 8.40. The summed E-state index contributed by atoms with van der Waals surface area (Å²) in [4.78, 5) is 9.49. The highest BCUT2D eigenvalue weighted by Gasteiger charge is 1.89. The molecule has 0 aliphatic carbocycles. The molecule has 0 amide bonds. The Bertz CT molecular complexity index is 76.0. The van der Waals surface area contributed by atoms with Gasteiger partial charge < -0.3 is 4.74 Å². The molecule has 3 heteroatoms. The average Bonchev–Trinajstić information content (AvgIpc) is 1.97. The summed E-state index contributed by atoms with van der Waals surface area (Å²) in [5.41, 5.74) is 0. The van der Waals surface area contributed by atoms with Crippen molar-refractivity contribution in [3.63, 3.8) is 0 Å². The molecule has 0 fully saturated rings. The third-order valence-corrected chi connectivity index (χ3v) is 1.19. The maximum absolute atomic E-state index is 11.5. The Morgan fingerprint density at radius 3 is 2.50 bits per heavy atom. The van der Waals surface area contributed by atoms with Crippen LogP contribution < -0.4 is 0 Å². The highest BCUT2D eigenvalue weighted by Crippen LogP contribution is 1.99. The molecule has 2 nitrogen and oxygen atoms in total. The molecule has 0 rings (SSSR count). The van der Waals surface area contributed by atoms with Crippen LogP contribution in [0.25, 0.3) is 0 Å². The first-order valence-corrected chi connectivity index (χ1v) is 3.46. The second-order valence-electron chi connectivity index (χ2n) is 2.03. The van der Waals surface area contributed by atoms with Gasteiger partial charge in [-0.25, -0.2) is 4.79 Å². The maximum atomic E-state index is 11.5. The lowest BCUT2D eigenvalue weighted by molar-refractivity contribution is 0.268. The fourth-order valence-electron chi connectivity index (χ4n) is 0.664. The van der Waals surface area contributed by atoms with Gasteiger partial charge in [0.05, 0.1) is 13.3 Å². The Balaban J connectivity index is 2.70. The highest BCUT2D eigenvalue weighted by molar-refractivity contribution is 5.37. The van der Waals surface area contributed by atoms with Gasteiger partial charge in [-0.2, -0.15) is 0 Å². The second-order valence-corrected chi connectivity index (χ2v) is 2.03. The van der Waals surface area contributed by atoms with E-state index >= 15 is 0 Å². The van der Waals surface area contributed by atoms with Crippen LogP contribution in [-0.2, 0) is 9.53 Å². The van der Waals surface area contributed by atoms with Gasteiger partial charge in [0.25, 0.3) is 0 Å². The fourth-order valence-corrected chi connectivity index (χ4v) is 0.664. The van der Waals surface area contributed by atoms with Crippen molar-refractivity contribution in [3.8, 4) is 0 Å². The van der Waals surface area contributed by atoms with E-state index < -0.39 is 0 Å². The summed E-state index contributed by atoms with van der Waals surface area (Å²) in [5, 5.41) is 0. The monoisotopic (exact) mass is 147 g/mol. The molecule has 0 aliphatic rings. The predicted octanol–water partition coefficient (Wildman–Crippen LogP) is 1.60. The topological polar surface area (TPSA) is 26.3 Å². The van der Waals surface area contributed by atoms with Crippen molar-refractivity contribution < 1.29 is 13.9 Å². The Kier molecular flexibility index (Phi) is 7.90. The number of hydrogen-bond donors (Lipinski definition) is 0. The average molecular weight is 147 g/mol. The number of ether oxygens (including phenoxy) is 1. The van der Waals surface area contributed by atoms with Gasteiger partial charge in [0.1, 0.15) is 0 Å². The van der Waals surface area contributed by atoms with Gasteiger partial charge in [-0.05, 0) is 19.3 Å². The van der Waals surface area contributed by atoms with Crippen LogP contribution in [0.15, 0.2) is 0 Å². The van der Waals surface area contributed by atoms with Crippen molar-refractivity contribution >= 4 is 6.47 Å². The van der Waals surface area contributed by atoms with Crippen LogP contribution in [0.5, 0.6) is 0 Å². The molecular formula is C7H12FO2. The predicted molar refractivity (Wildman–Crippen MR) is 36.1 cm³/mol. The van der Waals surface area contributed by atoms with Crippen LogP contribution in [0.3, 0.4) is 0 Å². The lowest BCUT2D eigenvalue weighted by atomic mass is 10.2. The van der Waals surface area contributed by atoms with Gasteiger partial charge in [0.2, 0.25) is 0 Å². The van der Waals surface area contributed by atoms with Crippen molar-refractivity contribution in [2.75, 3.05) is 13.3 Å². The largest absolute Gasteiger partial charge is 0.457 e.